The normalized spacial score (nSPS) is 17.6. The first kappa shape index (κ1) is 15.2. The van der Waals surface area contributed by atoms with Gasteiger partial charge in [-0.3, -0.25) is 9.69 Å². The van der Waals surface area contributed by atoms with Gasteiger partial charge < -0.3 is 10.4 Å². The van der Waals surface area contributed by atoms with Gasteiger partial charge in [0.2, 0.25) is 0 Å². The van der Waals surface area contributed by atoms with Crippen molar-refractivity contribution in [3.05, 3.63) is 40.4 Å². The number of carboxylic acid groups (broad SMARTS) is 1. The first-order valence-electron chi connectivity index (χ1n) is 5.92. The molecule has 1 aliphatic rings. The van der Waals surface area contributed by atoms with Gasteiger partial charge in [-0.05, 0) is 13.0 Å². The molecule has 0 bridgehead atoms. The minimum absolute atomic E-state index is 0.0973. The lowest BCUT2D eigenvalue weighted by Crippen LogP contribution is -2.43. The highest BCUT2D eigenvalue weighted by Gasteiger charge is 2.33. The Balaban J connectivity index is 2.22. The third kappa shape index (κ3) is 3.13. The monoisotopic (exact) mass is 316 g/mol. The fourth-order valence-electron chi connectivity index (χ4n) is 2.01. The van der Waals surface area contributed by atoms with E-state index in [-0.39, 0.29) is 17.3 Å². The van der Waals surface area contributed by atoms with E-state index in [1.807, 2.05) is 0 Å². The third-order valence-corrected chi connectivity index (χ3v) is 3.27. The highest BCUT2D eigenvalue weighted by Crippen LogP contribution is 2.24. The summed E-state index contributed by atoms with van der Waals surface area (Å²) < 4.78 is 26.6. The van der Waals surface area contributed by atoms with Crippen molar-refractivity contribution < 1.29 is 23.5 Å². The summed E-state index contributed by atoms with van der Waals surface area (Å²) in [5, 5.41) is 10.9. The fraction of sp³-hybridized carbons (Fsp3) is 0.231. The molecule has 1 atom stereocenters. The van der Waals surface area contributed by atoms with Gasteiger partial charge in [0, 0.05) is 12.6 Å². The molecule has 0 fully saturated rings. The molecule has 2 amide bonds. The van der Waals surface area contributed by atoms with Crippen LogP contribution in [0.1, 0.15) is 6.92 Å². The molecule has 0 radical (unpaired) electrons. The number of amides is 2. The van der Waals surface area contributed by atoms with Crippen molar-refractivity contribution in [2.45, 2.75) is 13.0 Å². The van der Waals surface area contributed by atoms with Crippen LogP contribution in [0.15, 0.2) is 23.8 Å². The predicted octanol–water partition coefficient (Wildman–Crippen LogP) is 2.87. The van der Waals surface area contributed by atoms with Crippen molar-refractivity contribution >= 4 is 29.3 Å². The Kier molecular flexibility index (Phi) is 4.13. The van der Waals surface area contributed by atoms with Crippen LogP contribution in [0.4, 0.5) is 19.3 Å². The number of hydrogen-bond acceptors (Lipinski definition) is 2. The topological polar surface area (TPSA) is 69.6 Å². The van der Waals surface area contributed by atoms with E-state index in [1.165, 1.54) is 6.08 Å². The summed E-state index contributed by atoms with van der Waals surface area (Å²) in [7, 11) is 0. The maximum Gasteiger partial charge on any atom is 0.408 e. The second-order valence-electron chi connectivity index (χ2n) is 4.60. The van der Waals surface area contributed by atoms with E-state index in [4.69, 9.17) is 16.7 Å². The molecule has 1 unspecified atom stereocenters. The van der Waals surface area contributed by atoms with E-state index >= 15 is 0 Å². The second-order valence-corrected chi connectivity index (χ2v) is 5.01. The number of carbonyl (C=O) groups excluding carboxylic acids is 1. The molecule has 0 spiro atoms. The Hall–Kier alpha value is -2.15. The van der Waals surface area contributed by atoms with Crippen LogP contribution in [0.25, 0.3) is 0 Å². The van der Waals surface area contributed by atoms with E-state index in [0.29, 0.717) is 11.6 Å². The number of benzene rings is 1. The Morgan fingerprint density at radius 3 is 2.67 bits per heavy atom. The standard InChI is InChI=1S/C13H11ClF2N2O3/c1-6-2-11(18(5-6)13(20)21)12(19)17-10-3-7(14)8(15)4-9(10)16/h2-4,11H,5H2,1H3,(H,17,19)(H,20,21). The average molecular weight is 317 g/mol. The van der Waals surface area contributed by atoms with Crippen molar-refractivity contribution in [1.29, 1.82) is 0 Å². The highest BCUT2D eigenvalue weighted by molar-refractivity contribution is 6.31. The number of nitrogens with one attached hydrogen (secondary N) is 1. The van der Waals surface area contributed by atoms with Gasteiger partial charge in [-0.15, -0.1) is 0 Å². The number of rotatable bonds is 2. The van der Waals surface area contributed by atoms with Crippen molar-refractivity contribution in [2.24, 2.45) is 0 Å². The van der Waals surface area contributed by atoms with Crippen molar-refractivity contribution in [1.82, 2.24) is 4.90 Å². The molecule has 2 N–H and O–H groups in total. The quantitative estimate of drug-likeness (QED) is 0.651. The van der Waals surface area contributed by atoms with E-state index in [1.54, 1.807) is 6.92 Å². The van der Waals surface area contributed by atoms with Gasteiger partial charge in [-0.2, -0.15) is 0 Å². The van der Waals surface area contributed by atoms with Crippen LogP contribution >= 0.6 is 11.6 Å². The van der Waals surface area contributed by atoms with E-state index < -0.39 is 29.7 Å². The molecular formula is C13H11ClF2N2O3. The first-order valence-corrected chi connectivity index (χ1v) is 6.29. The number of nitrogens with zero attached hydrogens (tertiary/aromatic N) is 1. The lowest BCUT2D eigenvalue weighted by Gasteiger charge is -2.20. The van der Waals surface area contributed by atoms with Crippen LogP contribution in [-0.4, -0.2) is 34.6 Å². The number of carbonyl (C=O) groups is 2. The molecule has 8 heteroatoms. The van der Waals surface area contributed by atoms with Crippen LogP contribution in [0.2, 0.25) is 5.02 Å². The van der Waals surface area contributed by atoms with E-state index in [9.17, 15) is 18.4 Å². The Labute approximate surface area is 123 Å². The first-order chi connectivity index (χ1) is 9.79. The number of anilines is 1. The Morgan fingerprint density at radius 2 is 2.05 bits per heavy atom. The summed E-state index contributed by atoms with van der Waals surface area (Å²) in [4.78, 5) is 24.0. The molecule has 2 rings (SSSR count). The molecule has 112 valence electrons. The molecule has 1 heterocycles. The zero-order valence-corrected chi connectivity index (χ0v) is 11.6. The summed E-state index contributed by atoms with van der Waals surface area (Å²) in [6.07, 6.45) is 0.202. The Bertz CT molecular complexity index is 649. The van der Waals surface area contributed by atoms with Gasteiger partial charge in [0.15, 0.2) is 0 Å². The summed E-state index contributed by atoms with van der Waals surface area (Å²) >= 11 is 5.52. The summed E-state index contributed by atoms with van der Waals surface area (Å²) in [5.74, 6) is -2.68. The minimum Gasteiger partial charge on any atom is -0.465 e. The average Bonchev–Trinajstić information content (AvgIpc) is 2.78. The molecule has 1 aromatic rings. The van der Waals surface area contributed by atoms with Crippen LogP contribution in [0.3, 0.4) is 0 Å². The van der Waals surface area contributed by atoms with Crippen molar-refractivity contribution in [2.75, 3.05) is 11.9 Å². The summed E-state index contributed by atoms with van der Waals surface area (Å²) in [5.41, 5.74) is 0.393. The van der Waals surface area contributed by atoms with E-state index in [2.05, 4.69) is 5.32 Å². The minimum atomic E-state index is -1.26. The molecular weight excluding hydrogens is 306 g/mol. The van der Waals surface area contributed by atoms with Gasteiger partial charge in [-0.1, -0.05) is 23.3 Å². The maximum absolute atomic E-state index is 13.6. The summed E-state index contributed by atoms with van der Waals surface area (Å²) in [6, 6.07) is 0.411. The maximum atomic E-state index is 13.6. The summed E-state index contributed by atoms with van der Waals surface area (Å²) in [6.45, 7) is 1.78. The van der Waals surface area contributed by atoms with Crippen LogP contribution < -0.4 is 5.32 Å². The van der Waals surface area contributed by atoms with Gasteiger partial charge in [0.25, 0.3) is 5.91 Å². The van der Waals surface area contributed by atoms with Gasteiger partial charge >= 0.3 is 6.09 Å². The molecule has 0 saturated carbocycles. The molecule has 0 aromatic heterocycles. The molecule has 21 heavy (non-hydrogen) atoms. The molecule has 0 saturated heterocycles. The Morgan fingerprint density at radius 1 is 1.38 bits per heavy atom. The lowest BCUT2D eigenvalue weighted by atomic mass is 10.2. The molecule has 1 aliphatic heterocycles. The lowest BCUT2D eigenvalue weighted by molar-refractivity contribution is -0.118. The second kappa shape index (κ2) is 5.69. The molecule has 0 aliphatic carbocycles. The van der Waals surface area contributed by atoms with Gasteiger partial charge in [0.1, 0.15) is 17.7 Å². The van der Waals surface area contributed by atoms with Crippen molar-refractivity contribution in [3.8, 4) is 0 Å². The predicted molar refractivity (Wildman–Crippen MR) is 72.3 cm³/mol. The van der Waals surface area contributed by atoms with Crippen LogP contribution in [-0.2, 0) is 4.79 Å². The third-order valence-electron chi connectivity index (χ3n) is 2.98. The van der Waals surface area contributed by atoms with Gasteiger partial charge in [0.05, 0.1) is 10.7 Å². The van der Waals surface area contributed by atoms with E-state index in [0.717, 1.165) is 11.0 Å². The zero-order chi connectivity index (χ0) is 15.7. The molecule has 5 nitrogen and oxygen atoms in total. The highest BCUT2D eigenvalue weighted by atomic mass is 35.5. The van der Waals surface area contributed by atoms with Crippen LogP contribution in [0, 0.1) is 11.6 Å². The van der Waals surface area contributed by atoms with Gasteiger partial charge in [-0.25, -0.2) is 13.6 Å². The fourth-order valence-corrected chi connectivity index (χ4v) is 2.17. The SMILES string of the molecule is CC1=CC(C(=O)Nc2cc(Cl)c(F)cc2F)N(C(=O)O)C1. The molecule has 1 aromatic carbocycles. The largest absolute Gasteiger partial charge is 0.465 e. The zero-order valence-electron chi connectivity index (χ0n) is 10.9. The number of hydrogen-bond donors (Lipinski definition) is 2. The smallest absolute Gasteiger partial charge is 0.408 e. The number of halogens is 3. The van der Waals surface area contributed by atoms with Crippen molar-refractivity contribution in [3.63, 3.8) is 0 Å². The van der Waals surface area contributed by atoms with Crippen LogP contribution in [0.5, 0.6) is 0 Å².